The van der Waals surface area contributed by atoms with Crippen LogP contribution in [0.15, 0.2) is 60.7 Å². The second-order valence-electron chi connectivity index (χ2n) is 7.36. The molecule has 2 aliphatic rings. The van der Waals surface area contributed by atoms with Gasteiger partial charge in [0, 0.05) is 23.7 Å². The third-order valence-electron chi connectivity index (χ3n) is 6.03. The van der Waals surface area contributed by atoms with Crippen LogP contribution in [0.3, 0.4) is 0 Å². The Kier molecular flexibility index (Phi) is 6.45. The lowest BCUT2D eigenvalue weighted by atomic mass is 9.74. The highest BCUT2D eigenvalue weighted by Gasteiger charge is 2.39. The van der Waals surface area contributed by atoms with E-state index in [1.54, 1.807) is 0 Å². The molecular formula is C23H27Cl2N. The molecule has 1 saturated carbocycles. The second-order valence-corrected chi connectivity index (χ2v) is 7.77. The molecule has 0 aromatic heterocycles. The van der Waals surface area contributed by atoms with Crippen molar-refractivity contribution >= 4 is 29.6 Å². The molecule has 0 unspecified atom stereocenters. The molecule has 0 N–H and O–H groups in total. The summed E-state index contributed by atoms with van der Waals surface area (Å²) in [7, 11) is 0. The van der Waals surface area contributed by atoms with Gasteiger partial charge >= 0.3 is 0 Å². The number of benzene rings is 2. The van der Waals surface area contributed by atoms with Gasteiger partial charge in [-0.25, -0.2) is 0 Å². The van der Waals surface area contributed by atoms with Gasteiger partial charge in [-0.3, -0.25) is 4.90 Å². The van der Waals surface area contributed by atoms with E-state index in [4.69, 9.17) is 11.6 Å². The van der Waals surface area contributed by atoms with Crippen LogP contribution >= 0.6 is 24.0 Å². The van der Waals surface area contributed by atoms with Gasteiger partial charge in [-0.1, -0.05) is 85.5 Å². The molecule has 0 spiro atoms. The van der Waals surface area contributed by atoms with Crippen molar-refractivity contribution in [2.24, 2.45) is 0 Å². The van der Waals surface area contributed by atoms with Crippen molar-refractivity contribution in [1.29, 1.82) is 0 Å². The van der Waals surface area contributed by atoms with Gasteiger partial charge in [0.2, 0.25) is 0 Å². The summed E-state index contributed by atoms with van der Waals surface area (Å²) in [6.45, 7) is 2.14. The fourth-order valence-corrected chi connectivity index (χ4v) is 4.95. The van der Waals surface area contributed by atoms with Gasteiger partial charge in [0.05, 0.1) is 0 Å². The van der Waals surface area contributed by atoms with Gasteiger partial charge in [-0.15, -0.1) is 12.4 Å². The Bertz CT molecular complexity index is 748. The van der Waals surface area contributed by atoms with Gasteiger partial charge in [-0.2, -0.15) is 0 Å². The summed E-state index contributed by atoms with van der Waals surface area (Å²) in [5.41, 5.74) is 4.34. The summed E-state index contributed by atoms with van der Waals surface area (Å²) in [4.78, 5) is 2.72. The van der Waals surface area contributed by atoms with E-state index in [2.05, 4.69) is 53.4 Å². The van der Waals surface area contributed by atoms with Crippen LogP contribution in [-0.4, -0.2) is 18.0 Å². The van der Waals surface area contributed by atoms with Crippen LogP contribution in [0.25, 0.3) is 5.57 Å². The van der Waals surface area contributed by atoms with Crippen LogP contribution in [0.4, 0.5) is 0 Å². The maximum atomic E-state index is 6.41. The minimum Gasteiger partial charge on any atom is -0.290 e. The van der Waals surface area contributed by atoms with Crippen molar-refractivity contribution in [2.45, 2.75) is 44.1 Å². The molecule has 0 radical (unpaired) electrons. The van der Waals surface area contributed by atoms with E-state index in [1.807, 2.05) is 12.1 Å². The van der Waals surface area contributed by atoms with E-state index in [-0.39, 0.29) is 17.9 Å². The van der Waals surface area contributed by atoms with Gasteiger partial charge in [0.15, 0.2) is 0 Å². The van der Waals surface area contributed by atoms with E-state index < -0.39 is 0 Å². The zero-order valence-electron chi connectivity index (χ0n) is 15.2. The summed E-state index contributed by atoms with van der Waals surface area (Å²) < 4.78 is 0. The maximum Gasteiger partial charge on any atom is 0.0481 e. The van der Waals surface area contributed by atoms with E-state index in [1.165, 1.54) is 48.8 Å². The molecule has 1 nitrogen and oxygen atoms in total. The zero-order valence-corrected chi connectivity index (χ0v) is 16.7. The smallest absolute Gasteiger partial charge is 0.0481 e. The topological polar surface area (TPSA) is 3.24 Å². The third kappa shape index (κ3) is 3.71. The van der Waals surface area contributed by atoms with Crippen molar-refractivity contribution in [3.8, 4) is 0 Å². The lowest BCUT2D eigenvalue weighted by Gasteiger charge is -2.48. The Morgan fingerprint density at radius 2 is 1.54 bits per heavy atom. The van der Waals surface area contributed by atoms with E-state index in [0.29, 0.717) is 0 Å². The maximum absolute atomic E-state index is 6.41. The Labute approximate surface area is 168 Å². The first-order chi connectivity index (χ1) is 12.3. The average molecular weight is 388 g/mol. The molecule has 2 aromatic carbocycles. The highest BCUT2D eigenvalue weighted by Crippen LogP contribution is 2.44. The first-order valence-electron chi connectivity index (χ1n) is 9.54. The Morgan fingerprint density at radius 1 is 0.846 bits per heavy atom. The molecule has 4 rings (SSSR count). The number of hydrogen-bond donors (Lipinski definition) is 0. The van der Waals surface area contributed by atoms with Crippen molar-refractivity contribution in [3.63, 3.8) is 0 Å². The van der Waals surface area contributed by atoms with Crippen molar-refractivity contribution < 1.29 is 0 Å². The van der Waals surface area contributed by atoms with Gasteiger partial charge in [0.1, 0.15) is 0 Å². The van der Waals surface area contributed by atoms with Gasteiger partial charge in [0.25, 0.3) is 0 Å². The molecule has 1 heterocycles. The predicted molar refractivity (Wildman–Crippen MR) is 114 cm³/mol. The summed E-state index contributed by atoms with van der Waals surface area (Å²) in [5.74, 6) is 0. The minimum atomic E-state index is 0. The molecular weight excluding hydrogens is 361 g/mol. The summed E-state index contributed by atoms with van der Waals surface area (Å²) in [5, 5.41) is 0.873. The number of rotatable bonds is 3. The largest absolute Gasteiger partial charge is 0.290 e. The predicted octanol–water partition coefficient (Wildman–Crippen LogP) is 6.71. The van der Waals surface area contributed by atoms with Crippen LogP contribution < -0.4 is 0 Å². The van der Waals surface area contributed by atoms with Crippen LogP contribution in [-0.2, 0) is 5.54 Å². The Balaban J connectivity index is 0.00000196. The van der Waals surface area contributed by atoms with Crippen LogP contribution in [0.1, 0.15) is 49.7 Å². The lowest BCUT2D eigenvalue weighted by Crippen LogP contribution is -2.49. The molecule has 1 aliphatic carbocycles. The first-order valence-corrected chi connectivity index (χ1v) is 9.92. The SMILES string of the molecule is Cl.Clc1ccccc1C1=CCN(C2(c3ccccc3)CCCCC2)CC1. The van der Waals surface area contributed by atoms with Crippen LogP contribution in [0, 0.1) is 0 Å². The van der Waals surface area contributed by atoms with Crippen molar-refractivity contribution in [3.05, 3.63) is 76.8 Å². The number of nitrogens with zero attached hydrogens (tertiary/aromatic N) is 1. The molecule has 0 bridgehead atoms. The minimum absolute atomic E-state index is 0. The summed E-state index contributed by atoms with van der Waals surface area (Å²) >= 11 is 6.41. The number of halogens is 2. The summed E-state index contributed by atoms with van der Waals surface area (Å²) in [6.07, 6.45) is 10.1. The lowest BCUT2D eigenvalue weighted by molar-refractivity contribution is 0.0569. The van der Waals surface area contributed by atoms with Crippen molar-refractivity contribution in [2.75, 3.05) is 13.1 Å². The molecule has 1 fully saturated rings. The first kappa shape index (κ1) is 19.5. The molecule has 0 saturated heterocycles. The highest BCUT2D eigenvalue weighted by atomic mass is 35.5. The molecule has 2 aromatic rings. The van der Waals surface area contributed by atoms with Gasteiger partial charge in [-0.05, 0) is 42.0 Å². The molecule has 138 valence electrons. The number of hydrogen-bond acceptors (Lipinski definition) is 1. The fraction of sp³-hybridized carbons (Fsp3) is 0.391. The standard InChI is InChI=1S/C23H26ClN.ClH/c24-22-12-6-5-11-21(22)19-13-17-25(18-14-19)23(15-7-2-8-16-23)20-9-3-1-4-10-20;/h1,3-6,9-13H,2,7-8,14-18H2;1H. The third-order valence-corrected chi connectivity index (χ3v) is 6.36. The fourth-order valence-electron chi connectivity index (χ4n) is 4.70. The monoisotopic (exact) mass is 387 g/mol. The van der Waals surface area contributed by atoms with Crippen LogP contribution in [0.5, 0.6) is 0 Å². The Morgan fingerprint density at radius 3 is 2.19 bits per heavy atom. The molecule has 26 heavy (non-hydrogen) atoms. The van der Waals surface area contributed by atoms with Crippen LogP contribution in [0.2, 0.25) is 5.02 Å². The highest BCUT2D eigenvalue weighted by molar-refractivity contribution is 6.32. The second kappa shape index (κ2) is 8.61. The van der Waals surface area contributed by atoms with Crippen molar-refractivity contribution in [1.82, 2.24) is 4.90 Å². The molecule has 3 heteroatoms. The Hall–Kier alpha value is -1.28. The summed E-state index contributed by atoms with van der Waals surface area (Å²) in [6, 6.07) is 19.4. The van der Waals surface area contributed by atoms with Gasteiger partial charge < -0.3 is 0 Å². The van der Waals surface area contributed by atoms with E-state index in [9.17, 15) is 0 Å². The zero-order chi connectivity index (χ0) is 17.1. The molecule has 1 aliphatic heterocycles. The van der Waals surface area contributed by atoms with E-state index in [0.717, 1.165) is 24.5 Å². The molecule has 0 amide bonds. The normalized spacial score (nSPS) is 20.1. The molecule has 0 atom stereocenters. The quantitative estimate of drug-likeness (QED) is 0.565. The van der Waals surface area contributed by atoms with E-state index >= 15 is 0 Å². The average Bonchev–Trinajstić information content (AvgIpc) is 2.70.